The molecule has 0 heterocycles. The van der Waals surface area contributed by atoms with Crippen LogP contribution in [-0.4, -0.2) is 19.9 Å². The van der Waals surface area contributed by atoms with Crippen LogP contribution in [0.25, 0.3) is 0 Å². The third-order valence-corrected chi connectivity index (χ3v) is 7.02. The first-order chi connectivity index (χ1) is 15.4. The van der Waals surface area contributed by atoms with Gasteiger partial charge in [-0.3, -0.25) is 10.1 Å². The zero-order chi connectivity index (χ0) is 23.7. The van der Waals surface area contributed by atoms with Crippen molar-refractivity contribution in [3.63, 3.8) is 0 Å². The second kappa shape index (κ2) is 17.2. The Morgan fingerprint density at radius 1 is 0.812 bits per heavy atom. The van der Waals surface area contributed by atoms with Gasteiger partial charge in [0.2, 0.25) is 0 Å². The molecule has 0 spiro atoms. The van der Waals surface area contributed by atoms with E-state index in [0.717, 1.165) is 25.3 Å². The highest BCUT2D eigenvalue weighted by molar-refractivity contribution is 8.13. The minimum atomic E-state index is -4.02. The molecule has 184 valence electrons. The van der Waals surface area contributed by atoms with Gasteiger partial charge in [0, 0.05) is 16.7 Å². The lowest BCUT2D eigenvalue weighted by Crippen LogP contribution is -2.02. The largest absolute Gasteiger partial charge is 0.487 e. The standard InChI is InChI=1S/C24H40ClNO5S/c1-2-3-4-5-6-7-8-9-10-11-12-13-14-15-16-17-20-31-24-19-18-22(32(25,29)30)21-23(24)26(27)28/h18-19,21H,2-17,20H2,1H3. The number of benzene rings is 1. The van der Waals surface area contributed by atoms with Crippen LogP contribution >= 0.6 is 10.7 Å². The summed E-state index contributed by atoms with van der Waals surface area (Å²) in [7, 11) is 1.23. The van der Waals surface area contributed by atoms with Crippen molar-refractivity contribution in [3.05, 3.63) is 28.3 Å². The van der Waals surface area contributed by atoms with Crippen LogP contribution in [0, 0.1) is 10.1 Å². The van der Waals surface area contributed by atoms with Crippen molar-refractivity contribution in [3.8, 4) is 5.75 Å². The first-order valence-electron chi connectivity index (χ1n) is 12.2. The van der Waals surface area contributed by atoms with Crippen molar-refractivity contribution in [2.24, 2.45) is 0 Å². The fraction of sp³-hybridized carbons (Fsp3) is 0.750. The highest BCUT2D eigenvalue weighted by Gasteiger charge is 2.20. The Balaban J connectivity index is 2.03. The van der Waals surface area contributed by atoms with Crippen LogP contribution in [0.3, 0.4) is 0 Å². The Hall–Kier alpha value is -1.34. The molecule has 32 heavy (non-hydrogen) atoms. The van der Waals surface area contributed by atoms with Crippen molar-refractivity contribution >= 4 is 25.4 Å². The number of nitro groups is 1. The molecule has 6 nitrogen and oxygen atoms in total. The summed E-state index contributed by atoms with van der Waals surface area (Å²) in [6.07, 6.45) is 20.5. The minimum Gasteiger partial charge on any atom is -0.487 e. The van der Waals surface area contributed by atoms with E-state index in [-0.39, 0.29) is 16.3 Å². The summed E-state index contributed by atoms with van der Waals surface area (Å²) in [5.41, 5.74) is -0.386. The van der Waals surface area contributed by atoms with Gasteiger partial charge in [-0.25, -0.2) is 8.42 Å². The Kier molecular flexibility index (Phi) is 15.4. The van der Waals surface area contributed by atoms with Gasteiger partial charge in [-0.15, -0.1) is 0 Å². The summed E-state index contributed by atoms with van der Waals surface area (Å²) in [6.45, 7) is 2.62. The fourth-order valence-electron chi connectivity index (χ4n) is 3.75. The topological polar surface area (TPSA) is 86.5 Å². The van der Waals surface area contributed by atoms with Crippen LogP contribution in [0.5, 0.6) is 5.75 Å². The lowest BCUT2D eigenvalue weighted by atomic mass is 10.0. The van der Waals surface area contributed by atoms with Crippen LogP contribution in [0.1, 0.15) is 110 Å². The number of rotatable bonds is 20. The van der Waals surface area contributed by atoms with Gasteiger partial charge in [-0.1, -0.05) is 103 Å². The molecule has 8 heteroatoms. The number of halogens is 1. The molecule has 0 amide bonds. The molecule has 0 aliphatic heterocycles. The average molecular weight is 490 g/mol. The molecular formula is C24H40ClNO5S. The van der Waals surface area contributed by atoms with Crippen LogP contribution in [0.2, 0.25) is 0 Å². The van der Waals surface area contributed by atoms with E-state index in [2.05, 4.69) is 6.92 Å². The van der Waals surface area contributed by atoms with E-state index in [4.69, 9.17) is 15.4 Å². The van der Waals surface area contributed by atoms with Gasteiger partial charge < -0.3 is 4.74 Å². The van der Waals surface area contributed by atoms with E-state index in [1.165, 1.54) is 95.6 Å². The third-order valence-electron chi connectivity index (χ3n) is 5.66. The number of ether oxygens (including phenoxy) is 1. The number of nitrogens with zero attached hydrogens (tertiary/aromatic N) is 1. The van der Waals surface area contributed by atoms with Gasteiger partial charge in [0.05, 0.1) is 16.4 Å². The Labute approximate surface area is 198 Å². The van der Waals surface area contributed by atoms with E-state index < -0.39 is 14.0 Å². The van der Waals surface area contributed by atoms with Crippen LogP contribution < -0.4 is 4.74 Å². The molecule has 0 bridgehead atoms. The van der Waals surface area contributed by atoms with Crippen molar-refractivity contribution < 1.29 is 18.1 Å². The summed E-state index contributed by atoms with van der Waals surface area (Å²) < 4.78 is 28.2. The van der Waals surface area contributed by atoms with E-state index in [1.807, 2.05) is 0 Å². The maximum Gasteiger partial charge on any atom is 0.312 e. The number of hydrogen-bond donors (Lipinski definition) is 0. The Bertz CT molecular complexity index is 755. The van der Waals surface area contributed by atoms with Crippen molar-refractivity contribution in [2.45, 2.75) is 115 Å². The van der Waals surface area contributed by atoms with E-state index in [9.17, 15) is 18.5 Å². The van der Waals surface area contributed by atoms with Gasteiger partial charge in [0.15, 0.2) is 5.75 Å². The molecule has 0 aliphatic rings. The minimum absolute atomic E-state index is 0.0695. The van der Waals surface area contributed by atoms with Crippen molar-refractivity contribution in [1.82, 2.24) is 0 Å². The summed E-state index contributed by atoms with van der Waals surface area (Å²) in [4.78, 5) is 10.2. The maximum atomic E-state index is 11.3. The van der Waals surface area contributed by atoms with Crippen LogP contribution in [0.15, 0.2) is 23.1 Å². The first kappa shape index (κ1) is 28.7. The van der Waals surface area contributed by atoms with E-state index in [0.29, 0.717) is 6.61 Å². The van der Waals surface area contributed by atoms with Gasteiger partial charge >= 0.3 is 5.69 Å². The van der Waals surface area contributed by atoms with Crippen LogP contribution in [-0.2, 0) is 9.05 Å². The lowest BCUT2D eigenvalue weighted by molar-refractivity contribution is -0.386. The van der Waals surface area contributed by atoms with Gasteiger partial charge in [-0.05, 0) is 18.6 Å². The van der Waals surface area contributed by atoms with Gasteiger partial charge in [-0.2, -0.15) is 0 Å². The molecule has 0 N–H and O–H groups in total. The number of unbranched alkanes of at least 4 members (excludes halogenated alkanes) is 15. The van der Waals surface area contributed by atoms with E-state index >= 15 is 0 Å². The Morgan fingerprint density at radius 3 is 1.66 bits per heavy atom. The predicted molar refractivity (Wildman–Crippen MR) is 131 cm³/mol. The first-order valence-corrected chi connectivity index (χ1v) is 14.5. The normalized spacial score (nSPS) is 11.6. The van der Waals surface area contributed by atoms with Crippen LogP contribution in [0.4, 0.5) is 5.69 Å². The summed E-state index contributed by atoms with van der Waals surface area (Å²) in [5.74, 6) is 0.0695. The third kappa shape index (κ3) is 13.3. The Morgan fingerprint density at radius 2 is 1.25 bits per heavy atom. The fourth-order valence-corrected chi connectivity index (χ4v) is 4.52. The molecule has 0 aliphatic carbocycles. The SMILES string of the molecule is CCCCCCCCCCCCCCCCCCOc1ccc(S(=O)(=O)Cl)cc1[N+](=O)[O-]. The summed E-state index contributed by atoms with van der Waals surface area (Å²) >= 11 is 0. The predicted octanol–water partition coefficient (Wildman–Crippen LogP) is 8.16. The summed E-state index contributed by atoms with van der Waals surface area (Å²) in [6, 6.07) is 3.45. The molecule has 0 saturated heterocycles. The quantitative estimate of drug-likeness (QED) is 0.0797. The van der Waals surface area contributed by atoms with Crippen molar-refractivity contribution in [1.29, 1.82) is 0 Å². The van der Waals surface area contributed by atoms with Gasteiger partial charge in [0.1, 0.15) is 0 Å². The zero-order valence-electron chi connectivity index (χ0n) is 19.5. The monoisotopic (exact) mass is 489 g/mol. The van der Waals surface area contributed by atoms with Gasteiger partial charge in [0.25, 0.3) is 9.05 Å². The number of nitro benzene ring substituents is 1. The molecule has 0 aromatic heterocycles. The second-order valence-electron chi connectivity index (χ2n) is 8.48. The molecule has 0 atom stereocenters. The zero-order valence-corrected chi connectivity index (χ0v) is 21.1. The molecule has 1 aromatic carbocycles. The molecule has 1 rings (SSSR count). The molecule has 0 saturated carbocycles. The highest BCUT2D eigenvalue weighted by Crippen LogP contribution is 2.31. The molecule has 1 aromatic rings. The molecular weight excluding hydrogens is 450 g/mol. The van der Waals surface area contributed by atoms with E-state index in [1.54, 1.807) is 0 Å². The maximum absolute atomic E-state index is 11.3. The van der Waals surface area contributed by atoms with Crippen molar-refractivity contribution in [2.75, 3.05) is 6.61 Å². The molecule has 0 radical (unpaired) electrons. The molecule has 0 unspecified atom stereocenters. The summed E-state index contributed by atoms with van der Waals surface area (Å²) in [5, 5.41) is 11.2. The smallest absolute Gasteiger partial charge is 0.312 e. The average Bonchev–Trinajstić information content (AvgIpc) is 2.75. The molecule has 0 fully saturated rings. The second-order valence-corrected chi connectivity index (χ2v) is 11.0. The number of hydrogen-bond acceptors (Lipinski definition) is 5. The highest BCUT2D eigenvalue weighted by atomic mass is 35.7. The lowest BCUT2D eigenvalue weighted by Gasteiger charge is -2.08.